The highest BCUT2D eigenvalue weighted by atomic mass is 35.5. The maximum absolute atomic E-state index is 9.97. The number of aromatic nitrogens is 4. The maximum Gasteiger partial charge on any atom is 0.227 e. The molecule has 2 heterocycles. The molecule has 7 nitrogen and oxygen atoms in total. The lowest BCUT2D eigenvalue weighted by Gasteiger charge is -2.20. The van der Waals surface area contributed by atoms with Crippen LogP contribution in [0.5, 0.6) is 0 Å². The molecule has 3 aromatic rings. The van der Waals surface area contributed by atoms with Gasteiger partial charge in [-0.2, -0.15) is 9.97 Å². The molecule has 3 rings (SSSR count). The molecule has 1 unspecified atom stereocenters. The third kappa shape index (κ3) is 4.54. The second kappa shape index (κ2) is 8.75. The fourth-order valence-corrected chi connectivity index (χ4v) is 3.26. The van der Waals surface area contributed by atoms with Gasteiger partial charge in [0.15, 0.2) is 17.0 Å². The van der Waals surface area contributed by atoms with E-state index in [1.165, 1.54) is 0 Å². The minimum Gasteiger partial charge on any atom is -0.391 e. The Morgan fingerprint density at radius 1 is 1.21 bits per heavy atom. The monoisotopic (exact) mass is 402 g/mol. The number of aliphatic hydroxyl groups excluding tert-OH is 1. The van der Waals surface area contributed by atoms with Crippen LogP contribution in [-0.4, -0.2) is 36.8 Å². The number of anilines is 2. The van der Waals surface area contributed by atoms with Gasteiger partial charge < -0.3 is 20.3 Å². The average molecular weight is 403 g/mol. The topological polar surface area (TPSA) is 87.9 Å². The van der Waals surface area contributed by atoms with Crippen LogP contribution in [0.1, 0.15) is 45.7 Å². The molecule has 0 spiro atoms. The van der Waals surface area contributed by atoms with E-state index in [2.05, 4.69) is 39.4 Å². The minimum absolute atomic E-state index is 0.131. The highest BCUT2D eigenvalue weighted by Gasteiger charge is 2.18. The Bertz CT molecular complexity index is 940. The Morgan fingerprint density at radius 3 is 2.64 bits per heavy atom. The summed E-state index contributed by atoms with van der Waals surface area (Å²) in [5.74, 6) is 1.11. The Balaban J connectivity index is 1.96. The number of hydrogen-bond donors (Lipinski definition) is 3. The molecule has 3 N–H and O–H groups in total. The summed E-state index contributed by atoms with van der Waals surface area (Å²) in [5, 5.41) is 17.3. The van der Waals surface area contributed by atoms with E-state index < -0.39 is 6.10 Å². The van der Waals surface area contributed by atoms with E-state index >= 15 is 0 Å². The summed E-state index contributed by atoms with van der Waals surface area (Å²) in [4.78, 5) is 13.8. The second-order valence-electron chi connectivity index (χ2n) is 7.20. The van der Waals surface area contributed by atoms with Crippen LogP contribution in [0.2, 0.25) is 5.02 Å². The van der Waals surface area contributed by atoms with Crippen LogP contribution in [0.3, 0.4) is 0 Å². The van der Waals surface area contributed by atoms with Crippen molar-refractivity contribution in [1.82, 2.24) is 19.5 Å². The number of benzene rings is 1. The van der Waals surface area contributed by atoms with Crippen LogP contribution in [0.4, 0.5) is 11.8 Å². The molecule has 2 aromatic heterocycles. The van der Waals surface area contributed by atoms with Crippen LogP contribution in [-0.2, 0) is 6.54 Å². The lowest BCUT2D eigenvalue weighted by molar-refractivity contribution is 0.169. The average Bonchev–Trinajstić information content (AvgIpc) is 3.08. The van der Waals surface area contributed by atoms with Crippen LogP contribution in [0, 0.1) is 0 Å². The SMILES string of the molecule is CC[C@H](Nc1nc(NCc2cccc(Cl)c2)c2ncn(C(C)C)c2n1)C(C)O. The van der Waals surface area contributed by atoms with Crippen molar-refractivity contribution < 1.29 is 5.11 Å². The first-order chi connectivity index (χ1) is 13.4. The van der Waals surface area contributed by atoms with E-state index in [1.807, 2.05) is 35.8 Å². The van der Waals surface area contributed by atoms with Gasteiger partial charge >= 0.3 is 0 Å². The number of imidazole rings is 1. The van der Waals surface area contributed by atoms with Crippen LogP contribution in [0.15, 0.2) is 30.6 Å². The molecule has 0 saturated heterocycles. The zero-order valence-corrected chi connectivity index (χ0v) is 17.4. The predicted molar refractivity (Wildman–Crippen MR) is 114 cm³/mol. The first-order valence-electron chi connectivity index (χ1n) is 9.56. The van der Waals surface area contributed by atoms with Gasteiger partial charge in [0.2, 0.25) is 5.95 Å². The number of aliphatic hydroxyl groups is 1. The first kappa shape index (κ1) is 20.4. The van der Waals surface area contributed by atoms with Crippen molar-refractivity contribution in [3.8, 4) is 0 Å². The van der Waals surface area contributed by atoms with Gasteiger partial charge in [-0.1, -0.05) is 30.7 Å². The first-order valence-corrected chi connectivity index (χ1v) is 9.94. The lowest BCUT2D eigenvalue weighted by Crippen LogP contribution is -2.31. The van der Waals surface area contributed by atoms with Crippen molar-refractivity contribution >= 4 is 34.5 Å². The summed E-state index contributed by atoms with van der Waals surface area (Å²) in [5.41, 5.74) is 2.51. The van der Waals surface area contributed by atoms with E-state index in [4.69, 9.17) is 11.6 Å². The van der Waals surface area contributed by atoms with E-state index in [1.54, 1.807) is 13.3 Å². The van der Waals surface area contributed by atoms with Crippen molar-refractivity contribution in [2.45, 2.75) is 58.8 Å². The molecule has 0 bridgehead atoms. The predicted octanol–water partition coefficient (Wildman–Crippen LogP) is 4.24. The van der Waals surface area contributed by atoms with Gasteiger partial charge in [0, 0.05) is 17.6 Å². The quantitative estimate of drug-likeness (QED) is 0.522. The molecule has 150 valence electrons. The molecular weight excluding hydrogens is 376 g/mol. The van der Waals surface area contributed by atoms with Crippen molar-refractivity contribution in [2.24, 2.45) is 0 Å². The summed E-state index contributed by atoms with van der Waals surface area (Å²) in [6.07, 6.45) is 2.03. The molecule has 0 aliphatic carbocycles. The fraction of sp³-hybridized carbons (Fsp3) is 0.450. The molecule has 0 radical (unpaired) electrons. The summed E-state index contributed by atoms with van der Waals surface area (Å²) < 4.78 is 2.01. The second-order valence-corrected chi connectivity index (χ2v) is 7.63. The fourth-order valence-electron chi connectivity index (χ4n) is 3.04. The van der Waals surface area contributed by atoms with Crippen LogP contribution >= 0.6 is 11.6 Å². The van der Waals surface area contributed by atoms with E-state index in [-0.39, 0.29) is 12.1 Å². The summed E-state index contributed by atoms with van der Waals surface area (Å²) >= 11 is 6.09. The number of nitrogens with one attached hydrogen (secondary N) is 2. The third-order valence-corrected chi connectivity index (χ3v) is 4.90. The Morgan fingerprint density at radius 2 is 2.00 bits per heavy atom. The van der Waals surface area contributed by atoms with Gasteiger partial charge in [-0.15, -0.1) is 0 Å². The van der Waals surface area contributed by atoms with Crippen LogP contribution < -0.4 is 10.6 Å². The molecule has 0 saturated carbocycles. The third-order valence-electron chi connectivity index (χ3n) is 4.66. The van der Waals surface area contributed by atoms with Gasteiger partial charge in [-0.25, -0.2) is 4.98 Å². The highest BCUT2D eigenvalue weighted by molar-refractivity contribution is 6.30. The van der Waals surface area contributed by atoms with Gasteiger partial charge in [-0.05, 0) is 44.9 Å². The maximum atomic E-state index is 9.97. The molecular formula is C20H27ClN6O. The lowest BCUT2D eigenvalue weighted by atomic mass is 10.1. The van der Waals surface area contributed by atoms with Crippen molar-refractivity contribution in [2.75, 3.05) is 10.6 Å². The van der Waals surface area contributed by atoms with Gasteiger partial charge in [0.1, 0.15) is 0 Å². The summed E-state index contributed by atoms with van der Waals surface area (Å²) in [6, 6.07) is 7.77. The number of rotatable bonds is 8. The number of nitrogens with zero attached hydrogens (tertiary/aromatic N) is 4. The smallest absolute Gasteiger partial charge is 0.227 e. The van der Waals surface area contributed by atoms with E-state index in [0.29, 0.717) is 28.9 Å². The largest absolute Gasteiger partial charge is 0.391 e. The van der Waals surface area contributed by atoms with Gasteiger partial charge in [0.25, 0.3) is 0 Å². The molecule has 28 heavy (non-hydrogen) atoms. The molecule has 0 amide bonds. The Kier molecular flexibility index (Phi) is 6.36. The summed E-state index contributed by atoms with van der Waals surface area (Å²) in [7, 11) is 0. The number of fused-ring (bicyclic) bond motifs is 1. The van der Waals surface area contributed by atoms with E-state index in [9.17, 15) is 5.11 Å². The molecule has 0 aliphatic heterocycles. The highest BCUT2D eigenvalue weighted by Crippen LogP contribution is 2.24. The van der Waals surface area contributed by atoms with Crippen molar-refractivity contribution in [3.63, 3.8) is 0 Å². The van der Waals surface area contributed by atoms with Crippen molar-refractivity contribution in [3.05, 3.63) is 41.2 Å². The standard InChI is InChI=1S/C20H27ClN6O/c1-5-16(13(4)28)24-20-25-18(22-10-14-7-6-8-15(21)9-14)17-19(26-20)27(11-23-17)12(2)3/h6-9,11-13,16,28H,5,10H2,1-4H3,(H2,22,24,25,26)/t13?,16-/m0/s1. The van der Waals surface area contributed by atoms with Gasteiger partial charge in [0.05, 0.1) is 18.5 Å². The minimum atomic E-state index is -0.512. The molecule has 1 aromatic carbocycles. The van der Waals surface area contributed by atoms with E-state index in [0.717, 1.165) is 17.6 Å². The normalized spacial score (nSPS) is 13.7. The van der Waals surface area contributed by atoms with Crippen molar-refractivity contribution in [1.29, 1.82) is 0 Å². The Hall–Kier alpha value is -2.38. The zero-order valence-electron chi connectivity index (χ0n) is 16.6. The molecule has 2 atom stereocenters. The number of hydrogen-bond acceptors (Lipinski definition) is 6. The molecule has 0 fully saturated rings. The molecule has 0 aliphatic rings. The summed E-state index contributed by atoms with van der Waals surface area (Å²) in [6.45, 7) is 8.50. The zero-order chi connectivity index (χ0) is 20.3. The number of halogens is 1. The van der Waals surface area contributed by atoms with Crippen LogP contribution in [0.25, 0.3) is 11.2 Å². The Labute approximate surface area is 170 Å². The molecule has 8 heteroatoms. The van der Waals surface area contributed by atoms with Gasteiger partial charge in [-0.3, -0.25) is 0 Å².